The number of fused-ring (bicyclic) bond motifs is 1. The van der Waals surface area contributed by atoms with Crippen LogP contribution in [0.1, 0.15) is 17.5 Å². The summed E-state index contributed by atoms with van der Waals surface area (Å²) in [6, 6.07) is 16.4. The highest BCUT2D eigenvalue weighted by Gasteiger charge is 2.22. The fraction of sp³-hybridized carbons (Fsp3) is 0.435. The fourth-order valence-corrected chi connectivity index (χ4v) is 3.26. The molecule has 6 nitrogen and oxygen atoms in total. The largest absolute Gasteiger partial charge is 0.494 e. The first kappa shape index (κ1) is 21.0. The topological polar surface area (TPSA) is 58.1 Å². The smallest absolute Gasteiger partial charge is 0.191 e. The van der Waals surface area contributed by atoms with Crippen LogP contribution in [0.5, 0.6) is 11.5 Å². The number of ether oxygens (including phenoxy) is 2. The van der Waals surface area contributed by atoms with Gasteiger partial charge in [-0.05, 0) is 49.8 Å². The summed E-state index contributed by atoms with van der Waals surface area (Å²) >= 11 is 0. The molecule has 0 fully saturated rings. The monoisotopic (exact) mass is 396 g/mol. The van der Waals surface area contributed by atoms with Gasteiger partial charge in [0.05, 0.1) is 13.2 Å². The molecule has 1 heterocycles. The normalized spacial score (nSPS) is 15.7. The Balaban J connectivity index is 1.37. The lowest BCUT2D eigenvalue weighted by atomic mass is 10.1. The van der Waals surface area contributed by atoms with E-state index in [0.29, 0.717) is 13.1 Å². The number of guanidine groups is 1. The lowest BCUT2D eigenvalue weighted by Gasteiger charge is -2.16. The molecule has 0 bridgehead atoms. The highest BCUT2D eigenvalue weighted by Crippen LogP contribution is 2.27. The molecule has 29 heavy (non-hydrogen) atoms. The molecule has 1 aliphatic rings. The van der Waals surface area contributed by atoms with E-state index in [2.05, 4.69) is 58.9 Å². The molecule has 2 aromatic rings. The van der Waals surface area contributed by atoms with Crippen molar-refractivity contribution in [3.05, 3.63) is 59.7 Å². The fourth-order valence-electron chi connectivity index (χ4n) is 3.26. The summed E-state index contributed by atoms with van der Waals surface area (Å²) in [5, 5.41) is 6.71. The molecule has 0 aliphatic carbocycles. The van der Waals surface area contributed by atoms with Gasteiger partial charge in [0.15, 0.2) is 5.96 Å². The second-order valence-corrected chi connectivity index (χ2v) is 7.51. The zero-order valence-electron chi connectivity index (χ0n) is 17.6. The molecule has 0 saturated heterocycles. The van der Waals surface area contributed by atoms with Crippen molar-refractivity contribution >= 4 is 5.96 Å². The molecule has 0 radical (unpaired) electrons. The third-order valence-corrected chi connectivity index (χ3v) is 4.84. The van der Waals surface area contributed by atoms with Crippen LogP contribution in [-0.2, 0) is 13.0 Å². The average Bonchev–Trinajstić information content (AvgIpc) is 3.15. The molecule has 2 N–H and O–H groups in total. The van der Waals surface area contributed by atoms with Crippen molar-refractivity contribution in [1.82, 2.24) is 15.5 Å². The van der Waals surface area contributed by atoms with Gasteiger partial charge in [0.25, 0.3) is 0 Å². The molecule has 1 atom stereocenters. The SMILES string of the molecule is CN=C(NCc1ccc(OCCCN(C)C)cc1)NCC1Cc2ccccc2O1. The van der Waals surface area contributed by atoms with Crippen LogP contribution in [0.4, 0.5) is 0 Å². The van der Waals surface area contributed by atoms with Gasteiger partial charge in [-0.15, -0.1) is 0 Å². The quantitative estimate of drug-likeness (QED) is 0.388. The molecule has 2 aromatic carbocycles. The first-order chi connectivity index (χ1) is 14.1. The molecule has 6 heteroatoms. The summed E-state index contributed by atoms with van der Waals surface area (Å²) in [4.78, 5) is 6.47. The minimum atomic E-state index is 0.134. The maximum atomic E-state index is 5.97. The van der Waals surface area contributed by atoms with Crippen molar-refractivity contribution in [2.24, 2.45) is 4.99 Å². The van der Waals surface area contributed by atoms with E-state index in [1.54, 1.807) is 7.05 Å². The second-order valence-electron chi connectivity index (χ2n) is 7.51. The van der Waals surface area contributed by atoms with Crippen LogP contribution < -0.4 is 20.1 Å². The minimum absolute atomic E-state index is 0.134. The van der Waals surface area contributed by atoms with Crippen LogP contribution in [0, 0.1) is 0 Å². The first-order valence-corrected chi connectivity index (χ1v) is 10.2. The van der Waals surface area contributed by atoms with Gasteiger partial charge < -0.3 is 25.0 Å². The number of hydrogen-bond acceptors (Lipinski definition) is 4. The Morgan fingerprint density at radius 3 is 2.66 bits per heavy atom. The van der Waals surface area contributed by atoms with Crippen LogP contribution in [0.2, 0.25) is 0 Å². The van der Waals surface area contributed by atoms with Crippen molar-refractivity contribution in [2.75, 3.05) is 40.8 Å². The van der Waals surface area contributed by atoms with E-state index in [1.807, 2.05) is 24.3 Å². The van der Waals surface area contributed by atoms with Crippen molar-refractivity contribution in [3.63, 3.8) is 0 Å². The lowest BCUT2D eigenvalue weighted by molar-refractivity contribution is 0.235. The highest BCUT2D eigenvalue weighted by atomic mass is 16.5. The Kier molecular flexibility index (Phi) is 7.76. The molecule has 1 unspecified atom stereocenters. The average molecular weight is 397 g/mol. The van der Waals surface area contributed by atoms with Gasteiger partial charge in [0.2, 0.25) is 0 Å². The first-order valence-electron chi connectivity index (χ1n) is 10.2. The standard InChI is InChI=1S/C23H32N4O2/c1-24-23(26-17-21-15-19-7-4-5-8-22(19)29-21)25-16-18-9-11-20(12-10-18)28-14-6-13-27(2)3/h4-5,7-12,21H,6,13-17H2,1-3H3,(H2,24,25,26). The molecule has 156 valence electrons. The van der Waals surface area contributed by atoms with Crippen LogP contribution in [-0.4, -0.2) is 57.8 Å². The Bertz CT molecular complexity index is 765. The zero-order chi connectivity index (χ0) is 20.5. The van der Waals surface area contributed by atoms with Gasteiger partial charge in [-0.2, -0.15) is 0 Å². The maximum absolute atomic E-state index is 5.97. The van der Waals surface area contributed by atoms with Gasteiger partial charge >= 0.3 is 0 Å². The van der Waals surface area contributed by atoms with Gasteiger partial charge in [-0.3, -0.25) is 4.99 Å². The minimum Gasteiger partial charge on any atom is -0.494 e. The molecular formula is C23H32N4O2. The van der Waals surface area contributed by atoms with E-state index in [0.717, 1.165) is 43.5 Å². The molecule has 0 amide bonds. The summed E-state index contributed by atoms with van der Waals surface area (Å²) in [5.41, 5.74) is 2.45. The molecule has 3 rings (SSSR count). The summed E-state index contributed by atoms with van der Waals surface area (Å²) in [6.45, 7) is 3.19. The van der Waals surface area contributed by atoms with Crippen molar-refractivity contribution in [1.29, 1.82) is 0 Å². The number of nitrogens with one attached hydrogen (secondary N) is 2. The summed E-state index contributed by atoms with van der Waals surface area (Å²) in [5.74, 6) is 2.67. The Labute approximate surface area is 173 Å². The third kappa shape index (κ3) is 6.68. The summed E-state index contributed by atoms with van der Waals surface area (Å²) < 4.78 is 11.8. The Hall–Kier alpha value is -2.73. The number of rotatable bonds is 9. The van der Waals surface area contributed by atoms with Crippen LogP contribution in [0.15, 0.2) is 53.5 Å². The Morgan fingerprint density at radius 2 is 1.93 bits per heavy atom. The molecule has 0 aromatic heterocycles. The highest BCUT2D eigenvalue weighted by molar-refractivity contribution is 5.79. The number of nitrogens with zero attached hydrogens (tertiary/aromatic N) is 2. The van der Waals surface area contributed by atoms with E-state index in [-0.39, 0.29) is 6.10 Å². The van der Waals surface area contributed by atoms with Gasteiger partial charge in [-0.1, -0.05) is 30.3 Å². The van der Waals surface area contributed by atoms with Crippen LogP contribution >= 0.6 is 0 Å². The number of benzene rings is 2. The van der Waals surface area contributed by atoms with Gasteiger partial charge in [0, 0.05) is 26.6 Å². The number of aliphatic imine (C=N–C) groups is 1. The van der Waals surface area contributed by atoms with Gasteiger partial charge in [0.1, 0.15) is 17.6 Å². The van der Waals surface area contributed by atoms with Crippen molar-refractivity contribution < 1.29 is 9.47 Å². The molecular weight excluding hydrogens is 364 g/mol. The maximum Gasteiger partial charge on any atom is 0.191 e. The summed E-state index contributed by atoms with van der Waals surface area (Å²) in [6.07, 6.45) is 2.08. The zero-order valence-corrected chi connectivity index (χ0v) is 17.6. The van der Waals surface area contributed by atoms with E-state index in [4.69, 9.17) is 9.47 Å². The van der Waals surface area contributed by atoms with Crippen LogP contribution in [0.25, 0.3) is 0 Å². The van der Waals surface area contributed by atoms with Gasteiger partial charge in [-0.25, -0.2) is 0 Å². The predicted molar refractivity (Wildman–Crippen MR) is 118 cm³/mol. The predicted octanol–water partition coefficient (Wildman–Crippen LogP) is 2.69. The molecule has 0 spiro atoms. The van der Waals surface area contributed by atoms with E-state index < -0.39 is 0 Å². The lowest BCUT2D eigenvalue weighted by Crippen LogP contribution is -2.41. The molecule has 0 saturated carbocycles. The van der Waals surface area contributed by atoms with Crippen molar-refractivity contribution in [2.45, 2.75) is 25.5 Å². The Morgan fingerprint density at radius 1 is 1.14 bits per heavy atom. The number of para-hydroxylation sites is 1. The third-order valence-electron chi connectivity index (χ3n) is 4.84. The van der Waals surface area contributed by atoms with Crippen molar-refractivity contribution in [3.8, 4) is 11.5 Å². The second kappa shape index (κ2) is 10.7. The number of hydrogen-bond donors (Lipinski definition) is 2. The van der Waals surface area contributed by atoms with E-state index in [1.165, 1.54) is 11.1 Å². The summed E-state index contributed by atoms with van der Waals surface area (Å²) in [7, 11) is 5.93. The van der Waals surface area contributed by atoms with E-state index >= 15 is 0 Å². The van der Waals surface area contributed by atoms with Crippen LogP contribution in [0.3, 0.4) is 0 Å². The van der Waals surface area contributed by atoms with E-state index in [9.17, 15) is 0 Å². The molecule has 1 aliphatic heterocycles.